The van der Waals surface area contributed by atoms with Gasteiger partial charge in [-0.3, -0.25) is 14.3 Å². The zero-order chi connectivity index (χ0) is 18.8. The summed E-state index contributed by atoms with van der Waals surface area (Å²) in [6.07, 6.45) is 2.02. The van der Waals surface area contributed by atoms with Gasteiger partial charge in [-0.15, -0.1) is 0 Å². The third kappa shape index (κ3) is 3.55. The van der Waals surface area contributed by atoms with Crippen LogP contribution in [0.5, 0.6) is 0 Å². The molecule has 1 fully saturated rings. The summed E-state index contributed by atoms with van der Waals surface area (Å²) in [6.45, 7) is 6.72. The molecule has 2 aromatic rings. The van der Waals surface area contributed by atoms with Crippen molar-refractivity contribution in [3.63, 3.8) is 0 Å². The van der Waals surface area contributed by atoms with Crippen molar-refractivity contribution in [1.29, 1.82) is 0 Å². The molecule has 140 valence electrons. The van der Waals surface area contributed by atoms with Gasteiger partial charge in [-0.05, 0) is 39.7 Å². The molecule has 8 heteroatoms. The summed E-state index contributed by atoms with van der Waals surface area (Å²) in [5.74, 6) is -0.244. The normalized spacial score (nSPS) is 18.1. The lowest BCUT2D eigenvalue weighted by Gasteiger charge is -2.16. The van der Waals surface area contributed by atoms with Gasteiger partial charge in [0.1, 0.15) is 6.04 Å². The summed E-state index contributed by atoms with van der Waals surface area (Å²) < 4.78 is 8.52. The number of aryl methyl sites for hydroxylation is 2. The van der Waals surface area contributed by atoms with Gasteiger partial charge in [0.2, 0.25) is 5.91 Å². The Morgan fingerprint density at radius 3 is 2.77 bits per heavy atom. The largest absolute Gasteiger partial charge is 0.376 e. The maximum atomic E-state index is 12.5. The minimum atomic E-state index is -0.707. The first-order valence-electron chi connectivity index (χ1n) is 8.88. The maximum Gasteiger partial charge on any atom is 0.267 e. The van der Waals surface area contributed by atoms with Crippen molar-refractivity contribution in [3.8, 4) is 11.3 Å². The van der Waals surface area contributed by atoms with Crippen molar-refractivity contribution in [2.75, 3.05) is 13.2 Å². The summed E-state index contributed by atoms with van der Waals surface area (Å²) in [7, 11) is 1.86. The second kappa shape index (κ2) is 7.41. The van der Waals surface area contributed by atoms with Crippen LogP contribution in [0.2, 0.25) is 0 Å². The fourth-order valence-electron chi connectivity index (χ4n) is 3.26. The van der Waals surface area contributed by atoms with Crippen LogP contribution in [-0.2, 0) is 16.6 Å². The van der Waals surface area contributed by atoms with E-state index in [0.717, 1.165) is 36.4 Å². The average Bonchev–Trinajstić information content (AvgIpc) is 3.21. The zero-order valence-corrected chi connectivity index (χ0v) is 15.7. The number of carbonyl (C=O) groups excluding carboxylic acids is 1. The highest BCUT2D eigenvalue weighted by Crippen LogP contribution is 2.24. The van der Waals surface area contributed by atoms with E-state index in [1.54, 1.807) is 17.7 Å². The van der Waals surface area contributed by atoms with E-state index >= 15 is 0 Å². The lowest BCUT2D eigenvalue weighted by atomic mass is 10.1. The number of amides is 1. The molecular weight excluding hydrogens is 334 g/mol. The molecule has 0 aliphatic carbocycles. The fraction of sp³-hybridized carbons (Fsp3) is 0.556. The number of carbonyl (C=O) groups is 1. The van der Waals surface area contributed by atoms with Gasteiger partial charge in [0.25, 0.3) is 5.56 Å². The zero-order valence-electron chi connectivity index (χ0n) is 15.7. The Morgan fingerprint density at radius 1 is 1.38 bits per heavy atom. The van der Waals surface area contributed by atoms with Gasteiger partial charge in [0.15, 0.2) is 0 Å². The Morgan fingerprint density at radius 2 is 2.15 bits per heavy atom. The van der Waals surface area contributed by atoms with Crippen LogP contribution in [0, 0.1) is 13.8 Å². The van der Waals surface area contributed by atoms with E-state index < -0.39 is 6.04 Å². The van der Waals surface area contributed by atoms with Crippen LogP contribution in [0.25, 0.3) is 11.3 Å². The maximum absolute atomic E-state index is 12.5. The van der Waals surface area contributed by atoms with Crippen molar-refractivity contribution >= 4 is 5.91 Å². The lowest BCUT2D eigenvalue weighted by Crippen LogP contribution is -2.39. The molecule has 0 aromatic carbocycles. The van der Waals surface area contributed by atoms with Gasteiger partial charge in [-0.1, -0.05) is 0 Å². The molecular formula is C18H25N5O3. The first kappa shape index (κ1) is 18.3. The summed E-state index contributed by atoms with van der Waals surface area (Å²) in [4.78, 5) is 24.7. The quantitative estimate of drug-likeness (QED) is 0.864. The van der Waals surface area contributed by atoms with Gasteiger partial charge >= 0.3 is 0 Å². The third-order valence-electron chi connectivity index (χ3n) is 4.86. The van der Waals surface area contributed by atoms with Gasteiger partial charge in [-0.25, -0.2) is 4.68 Å². The van der Waals surface area contributed by atoms with E-state index in [2.05, 4.69) is 15.5 Å². The van der Waals surface area contributed by atoms with Crippen molar-refractivity contribution in [2.45, 2.75) is 45.8 Å². The van der Waals surface area contributed by atoms with Crippen LogP contribution in [-0.4, -0.2) is 44.7 Å². The number of hydrogen-bond donors (Lipinski definition) is 1. The SMILES string of the molecule is Cc1nn(C)c(C)c1-c1ccc(=O)n([C@@H](C)C(=O)NC[C@@H]2CCCO2)n1. The van der Waals surface area contributed by atoms with Crippen LogP contribution in [0.15, 0.2) is 16.9 Å². The van der Waals surface area contributed by atoms with E-state index in [1.165, 1.54) is 10.7 Å². The van der Waals surface area contributed by atoms with Crippen molar-refractivity contribution in [1.82, 2.24) is 24.9 Å². The molecule has 2 atom stereocenters. The Labute approximate surface area is 152 Å². The molecule has 1 amide bonds. The highest BCUT2D eigenvalue weighted by molar-refractivity contribution is 5.79. The molecule has 26 heavy (non-hydrogen) atoms. The number of nitrogens with zero attached hydrogens (tertiary/aromatic N) is 4. The number of aromatic nitrogens is 4. The van der Waals surface area contributed by atoms with Crippen molar-refractivity contribution in [3.05, 3.63) is 33.9 Å². The highest BCUT2D eigenvalue weighted by atomic mass is 16.5. The second-order valence-corrected chi connectivity index (χ2v) is 6.73. The molecule has 0 radical (unpaired) electrons. The standard InChI is InChI=1S/C18H25N5O3/c1-11-17(12(2)22(4)20-11)15-7-8-16(24)23(21-15)13(3)18(25)19-10-14-6-5-9-26-14/h7-8,13-14H,5-6,9-10H2,1-4H3,(H,19,25)/t13-,14-/m0/s1. The molecule has 1 aliphatic rings. The minimum Gasteiger partial charge on any atom is -0.376 e. The number of rotatable bonds is 5. The van der Waals surface area contributed by atoms with E-state index in [0.29, 0.717) is 12.2 Å². The van der Waals surface area contributed by atoms with Crippen molar-refractivity contribution in [2.24, 2.45) is 7.05 Å². The molecule has 8 nitrogen and oxygen atoms in total. The topological polar surface area (TPSA) is 91.0 Å². The van der Waals surface area contributed by atoms with Crippen LogP contribution >= 0.6 is 0 Å². The summed E-state index contributed by atoms with van der Waals surface area (Å²) in [6, 6.07) is 2.41. The number of nitrogens with one attached hydrogen (secondary N) is 1. The summed E-state index contributed by atoms with van der Waals surface area (Å²) >= 11 is 0. The Bertz CT molecular complexity index is 864. The van der Waals surface area contributed by atoms with Gasteiger partial charge < -0.3 is 10.1 Å². The molecule has 1 saturated heterocycles. The van der Waals surface area contributed by atoms with Crippen LogP contribution in [0.1, 0.15) is 37.2 Å². The average molecular weight is 359 g/mol. The first-order valence-corrected chi connectivity index (χ1v) is 8.88. The molecule has 3 heterocycles. The van der Waals surface area contributed by atoms with Crippen molar-refractivity contribution < 1.29 is 9.53 Å². The number of hydrogen-bond acceptors (Lipinski definition) is 5. The summed E-state index contributed by atoms with van der Waals surface area (Å²) in [5.41, 5.74) is 2.99. The van der Waals surface area contributed by atoms with Gasteiger partial charge in [0, 0.05) is 37.5 Å². The second-order valence-electron chi connectivity index (χ2n) is 6.73. The molecule has 2 aromatic heterocycles. The fourth-order valence-corrected chi connectivity index (χ4v) is 3.26. The van der Waals surface area contributed by atoms with E-state index in [-0.39, 0.29) is 17.6 Å². The monoisotopic (exact) mass is 359 g/mol. The molecule has 0 saturated carbocycles. The molecule has 0 spiro atoms. The predicted molar refractivity (Wildman–Crippen MR) is 96.9 cm³/mol. The molecule has 0 unspecified atom stereocenters. The Hall–Kier alpha value is -2.48. The predicted octanol–water partition coefficient (Wildman–Crippen LogP) is 1.12. The van der Waals surface area contributed by atoms with Gasteiger partial charge in [0.05, 0.1) is 17.5 Å². The Kier molecular flexibility index (Phi) is 5.22. The molecule has 1 aliphatic heterocycles. The van der Waals surface area contributed by atoms with Crippen LogP contribution in [0.4, 0.5) is 0 Å². The van der Waals surface area contributed by atoms with Crippen LogP contribution < -0.4 is 10.9 Å². The number of ether oxygens (including phenoxy) is 1. The Balaban J connectivity index is 1.82. The first-order chi connectivity index (χ1) is 12.4. The summed E-state index contributed by atoms with van der Waals surface area (Å²) in [5, 5.41) is 11.7. The molecule has 0 bridgehead atoms. The third-order valence-corrected chi connectivity index (χ3v) is 4.86. The minimum absolute atomic E-state index is 0.0582. The van der Waals surface area contributed by atoms with E-state index in [1.807, 2.05) is 20.9 Å². The van der Waals surface area contributed by atoms with Crippen LogP contribution in [0.3, 0.4) is 0 Å². The molecule has 1 N–H and O–H groups in total. The van der Waals surface area contributed by atoms with E-state index in [9.17, 15) is 9.59 Å². The lowest BCUT2D eigenvalue weighted by molar-refractivity contribution is -0.124. The molecule has 3 rings (SSSR count). The smallest absolute Gasteiger partial charge is 0.267 e. The highest BCUT2D eigenvalue weighted by Gasteiger charge is 2.22. The van der Waals surface area contributed by atoms with E-state index in [4.69, 9.17) is 4.74 Å². The van der Waals surface area contributed by atoms with Gasteiger partial charge in [-0.2, -0.15) is 10.2 Å².